The molecule has 1 atom stereocenters. The quantitative estimate of drug-likeness (QED) is 0.846. The highest BCUT2D eigenvalue weighted by Crippen LogP contribution is 2.29. The number of pyridine rings is 1. The van der Waals surface area contributed by atoms with Gasteiger partial charge < -0.3 is 4.98 Å². The minimum Gasteiger partial charge on any atom is -0.306 e. The summed E-state index contributed by atoms with van der Waals surface area (Å²) in [6.45, 7) is 8.79. The lowest BCUT2D eigenvalue weighted by Crippen LogP contribution is -2.37. The van der Waals surface area contributed by atoms with Crippen molar-refractivity contribution in [2.45, 2.75) is 39.2 Å². The van der Waals surface area contributed by atoms with E-state index in [9.17, 15) is 4.79 Å². The summed E-state index contributed by atoms with van der Waals surface area (Å²) in [6.07, 6.45) is 10.1. The smallest absolute Gasteiger partial charge is 0.255 e. The molecule has 0 fully saturated rings. The summed E-state index contributed by atoms with van der Waals surface area (Å²) in [6, 6.07) is 3.77. The number of allylic oxidation sites excluding steroid dienone is 2. The SMILES string of the molecule is C=C(C)C1CC=C(CN2CCc3nc(-c4cccnc4)[nH]c(=O)c3C2)CC1. The Morgan fingerprint density at radius 2 is 2.30 bits per heavy atom. The Morgan fingerprint density at radius 3 is 3.00 bits per heavy atom. The molecule has 0 aromatic carbocycles. The Labute approximate surface area is 159 Å². The molecule has 0 bridgehead atoms. The average Bonchev–Trinajstić information content (AvgIpc) is 2.69. The highest BCUT2D eigenvalue weighted by Gasteiger charge is 2.23. The molecule has 1 unspecified atom stereocenters. The molecule has 5 heteroatoms. The molecule has 2 aromatic heterocycles. The van der Waals surface area contributed by atoms with Gasteiger partial charge in [-0.15, -0.1) is 0 Å². The number of rotatable bonds is 4. The Morgan fingerprint density at radius 1 is 1.41 bits per heavy atom. The molecule has 1 N–H and O–H groups in total. The third kappa shape index (κ3) is 3.93. The Kier molecular flexibility index (Phi) is 5.03. The van der Waals surface area contributed by atoms with Crippen LogP contribution in [0, 0.1) is 5.92 Å². The second-order valence-corrected chi connectivity index (χ2v) is 7.72. The zero-order valence-electron chi connectivity index (χ0n) is 15.9. The van der Waals surface area contributed by atoms with Gasteiger partial charge in [0.05, 0.1) is 11.3 Å². The second-order valence-electron chi connectivity index (χ2n) is 7.72. The number of nitrogens with one attached hydrogen (secondary N) is 1. The van der Waals surface area contributed by atoms with E-state index in [1.165, 1.54) is 17.6 Å². The third-order valence-corrected chi connectivity index (χ3v) is 5.71. The van der Waals surface area contributed by atoms with Crippen molar-refractivity contribution in [1.29, 1.82) is 0 Å². The van der Waals surface area contributed by atoms with Crippen molar-refractivity contribution < 1.29 is 0 Å². The van der Waals surface area contributed by atoms with Gasteiger partial charge in [-0.3, -0.25) is 14.7 Å². The van der Waals surface area contributed by atoms with Gasteiger partial charge in [-0.1, -0.05) is 23.8 Å². The number of fused-ring (bicyclic) bond motifs is 1. The number of aromatic nitrogens is 3. The predicted molar refractivity (Wildman–Crippen MR) is 107 cm³/mol. The molecule has 0 saturated carbocycles. The van der Waals surface area contributed by atoms with Gasteiger partial charge in [0.25, 0.3) is 5.56 Å². The summed E-state index contributed by atoms with van der Waals surface area (Å²) in [4.78, 5) is 26.8. The third-order valence-electron chi connectivity index (χ3n) is 5.71. The van der Waals surface area contributed by atoms with Crippen molar-refractivity contribution in [2.75, 3.05) is 13.1 Å². The first kappa shape index (κ1) is 17.9. The van der Waals surface area contributed by atoms with Crippen LogP contribution in [0.25, 0.3) is 11.4 Å². The fourth-order valence-corrected chi connectivity index (χ4v) is 4.02. The van der Waals surface area contributed by atoms with Crippen LogP contribution in [0.1, 0.15) is 37.4 Å². The number of H-pyrrole nitrogens is 1. The number of aromatic amines is 1. The minimum atomic E-state index is -0.0245. The summed E-state index contributed by atoms with van der Waals surface area (Å²) in [5.41, 5.74) is 5.34. The molecule has 4 rings (SSSR count). The predicted octanol–water partition coefficient (Wildman–Crippen LogP) is 3.49. The lowest BCUT2D eigenvalue weighted by Gasteiger charge is -2.30. The monoisotopic (exact) mass is 362 g/mol. The van der Waals surface area contributed by atoms with Crippen LogP contribution in [0.5, 0.6) is 0 Å². The lowest BCUT2D eigenvalue weighted by molar-refractivity contribution is 0.266. The number of hydrogen-bond donors (Lipinski definition) is 1. The van der Waals surface area contributed by atoms with Crippen LogP contribution >= 0.6 is 0 Å². The fourth-order valence-electron chi connectivity index (χ4n) is 4.02. The zero-order valence-corrected chi connectivity index (χ0v) is 15.9. The van der Waals surface area contributed by atoms with Gasteiger partial charge >= 0.3 is 0 Å². The van der Waals surface area contributed by atoms with E-state index in [0.717, 1.165) is 49.2 Å². The Balaban J connectivity index is 1.48. The van der Waals surface area contributed by atoms with E-state index in [0.29, 0.717) is 18.3 Å². The molecule has 2 aromatic rings. The number of nitrogens with zero attached hydrogens (tertiary/aromatic N) is 3. The van der Waals surface area contributed by atoms with Crippen molar-refractivity contribution in [3.05, 3.63) is 69.9 Å². The first-order valence-corrected chi connectivity index (χ1v) is 9.68. The Bertz CT molecular complexity index is 929. The van der Waals surface area contributed by atoms with E-state index < -0.39 is 0 Å². The first-order valence-electron chi connectivity index (χ1n) is 9.68. The molecule has 0 radical (unpaired) electrons. The summed E-state index contributed by atoms with van der Waals surface area (Å²) in [5.74, 6) is 1.25. The lowest BCUT2D eigenvalue weighted by atomic mass is 9.85. The van der Waals surface area contributed by atoms with Crippen LogP contribution < -0.4 is 5.56 Å². The summed E-state index contributed by atoms with van der Waals surface area (Å²) < 4.78 is 0. The maximum atomic E-state index is 12.6. The summed E-state index contributed by atoms with van der Waals surface area (Å²) >= 11 is 0. The van der Waals surface area contributed by atoms with Gasteiger partial charge in [-0.25, -0.2) is 4.98 Å². The topological polar surface area (TPSA) is 61.9 Å². The molecule has 0 amide bonds. The second kappa shape index (κ2) is 7.61. The standard InChI is InChI=1S/C22H26N4O/c1-15(2)17-7-5-16(6-8-17)13-26-11-9-20-19(14-26)22(27)25-21(24-20)18-4-3-10-23-12-18/h3-5,10,12,17H,1,6-9,11,13-14H2,2H3,(H,24,25,27). The normalized spacial score (nSPS) is 20.0. The molecule has 1 aliphatic carbocycles. The van der Waals surface area contributed by atoms with Gasteiger partial charge in [0.15, 0.2) is 0 Å². The van der Waals surface area contributed by atoms with E-state index in [4.69, 9.17) is 4.98 Å². The molecule has 0 spiro atoms. The zero-order chi connectivity index (χ0) is 18.8. The van der Waals surface area contributed by atoms with Crippen LogP contribution in [0.4, 0.5) is 0 Å². The number of hydrogen-bond acceptors (Lipinski definition) is 4. The van der Waals surface area contributed by atoms with E-state index in [-0.39, 0.29) is 5.56 Å². The molecule has 0 saturated heterocycles. The van der Waals surface area contributed by atoms with Crippen molar-refractivity contribution in [3.8, 4) is 11.4 Å². The van der Waals surface area contributed by atoms with Crippen LogP contribution in [0.2, 0.25) is 0 Å². The molecular weight excluding hydrogens is 336 g/mol. The van der Waals surface area contributed by atoms with Crippen molar-refractivity contribution in [3.63, 3.8) is 0 Å². The maximum absolute atomic E-state index is 12.6. The first-order chi connectivity index (χ1) is 13.1. The van der Waals surface area contributed by atoms with E-state index in [1.807, 2.05) is 12.1 Å². The van der Waals surface area contributed by atoms with Crippen molar-refractivity contribution in [2.24, 2.45) is 5.92 Å². The van der Waals surface area contributed by atoms with Crippen LogP contribution in [0.15, 0.2) is 53.1 Å². The molecule has 2 aliphatic rings. The molecule has 140 valence electrons. The summed E-state index contributed by atoms with van der Waals surface area (Å²) in [7, 11) is 0. The van der Waals surface area contributed by atoms with Crippen LogP contribution in [-0.4, -0.2) is 32.9 Å². The Hall–Kier alpha value is -2.53. The highest BCUT2D eigenvalue weighted by molar-refractivity contribution is 5.53. The minimum absolute atomic E-state index is 0.0245. The van der Waals surface area contributed by atoms with E-state index >= 15 is 0 Å². The van der Waals surface area contributed by atoms with E-state index in [2.05, 4.69) is 34.4 Å². The summed E-state index contributed by atoms with van der Waals surface area (Å²) in [5, 5.41) is 0. The molecule has 5 nitrogen and oxygen atoms in total. The molecular formula is C22H26N4O. The fraction of sp³-hybridized carbons (Fsp3) is 0.409. The largest absolute Gasteiger partial charge is 0.306 e. The van der Waals surface area contributed by atoms with Gasteiger partial charge in [0, 0.05) is 44.0 Å². The van der Waals surface area contributed by atoms with Gasteiger partial charge in [0.1, 0.15) is 5.82 Å². The van der Waals surface area contributed by atoms with Crippen molar-refractivity contribution >= 4 is 0 Å². The molecule has 3 heterocycles. The van der Waals surface area contributed by atoms with E-state index in [1.54, 1.807) is 12.4 Å². The van der Waals surface area contributed by atoms with Crippen molar-refractivity contribution in [1.82, 2.24) is 19.9 Å². The highest BCUT2D eigenvalue weighted by atomic mass is 16.1. The van der Waals surface area contributed by atoms with Gasteiger partial charge in [-0.05, 0) is 44.2 Å². The molecule has 1 aliphatic heterocycles. The van der Waals surface area contributed by atoms with Gasteiger partial charge in [0.2, 0.25) is 0 Å². The van der Waals surface area contributed by atoms with Crippen LogP contribution in [-0.2, 0) is 13.0 Å². The van der Waals surface area contributed by atoms with Gasteiger partial charge in [-0.2, -0.15) is 0 Å². The maximum Gasteiger partial charge on any atom is 0.255 e. The van der Waals surface area contributed by atoms with Crippen LogP contribution in [0.3, 0.4) is 0 Å². The molecule has 27 heavy (non-hydrogen) atoms. The average molecular weight is 362 g/mol.